The molecule has 4 atom stereocenters. The first kappa shape index (κ1) is 21.7. The molecule has 0 amide bonds. The van der Waals surface area contributed by atoms with E-state index in [0.717, 1.165) is 23.6 Å². The summed E-state index contributed by atoms with van der Waals surface area (Å²) in [5.74, 6) is 0.428. The van der Waals surface area contributed by atoms with Gasteiger partial charge >= 0.3 is 0 Å². The van der Waals surface area contributed by atoms with E-state index in [-0.39, 0.29) is 24.0 Å². The van der Waals surface area contributed by atoms with Crippen molar-refractivity contribution < 1.29 is 4.79 Å². The molecule has 2 saturated heterocycles. The molecule has 8 heteroatoms. The summed E-state index contributed by atoms with van der Waals surface area (Å²) in [5, 5.41) is 0.803. The van der Waals surface area contributed by atoms with Gasteiger partial charge in [0.1, 0.15) is 5.78 Å². The Balaban J connectivity index is 1.69. The molecule has 0 N–H and O–H groups in total. The fourth-order valence-electron chi connectivity index (χ4n) is 4.36. The van der Waals surface area contributed by atoms with E-state index < -0.39 is 0 Å². The van der Waals surface area contributed by atoms with Crippen LogP contribution in [0.2, 0.25) is 5.02 Å². The van der Waals surface area contributed by atoms with Crippen LogP contribution in [0.1, 0.15) is 36.1 Å². The Morgan fingerprint density at radius 3 is 2.36 bits per heavy atom. The average Bonchev–Trinajstić information content (AvgIpc) is 2.74. The molecule has 3 nitrogen and oxygen atoms in total. The molecule has 0 aromatic heterocycles. The van der Waals surface area contributed by atoms with Crippen molar-refractivity contribution in [3.05, 3.63) is 70.7 Å². The van der Waals surface area contributed by atoms with Crippen LogP contribution in [0.15, 0.2) is 54.6 Å². The maximum Gasteiger partial charge on any atom is 0.140 e. The highest BCUT2D eigenvalue weighted by Gasteiger charge is 2.49. The average molecular weight is 657 g/mol. The first-order valence-electron chi connectivity index (χ1n) is 9.08. The number of hydrogen-bond donors (Lipinski definition) is 0. The summed E-state index contributed by atoms with van der Waals surface area (Å²) in [7, 11) is 3.42. The van der Waals surface area contributed by atoms with Gasteiger partial charge in [0.15, 0.2) is 0 Å². The quantitative estimate of drug-likeness (QED) is 0.259. The Bertz CT molecular complexity index is 844. The van der Waals surface area contributed by atoms with E-state index in [1.807, 2.05) is 24.3 Å². The van der Waals surface area contributed by atoms with Crippen LogP contribution in [0.4, 0.5) is 0 Å². The fraction of sp³-hybridized carbons (Fsp3) is 0.350. The Kier molecular flexibility index (Phi) is 7.55. The Hall–Kier alpha value is 0.480. The van der Waals surface area contributed by atoms with Gasteiger partial charge in [-0.2, -0.15) is 0 Å². The minimum Gasteiger partial charge on any atom is -0.299 e. The number of rotatable bonds is 4. The Labute approximate surface area is 203 Å². The lowest BCUT2D eigenvalue weighted by Gasteiger charge is -2.50. The van der Waals surface area contributed by atoms with Crippen molar-refractivity contribution in [3.63, 3.8) is 0 Å². The van der Waals surface area contributed by atoms with Crippen LogP contribution in [0.3, 0.4) is 0 Å². The van der Waals surface area contributed by atoms with E-state index in [2.05, 4.69) is 81.4 Å². The molecule has 2 heterocycles. The summed E-state index contributed by atoms with van der Waals surface area (Å²) in [5.41, 5.74) is 2.37. The molecule has 0 saturated carbocycles. The van der Waals surface area contributed by atoms with Crippen molar-refractivity contribution in [2.24, 2.45) is 5.92 Å². The van der Waals surface area contributed by atoms with Crippen molar-refractivity contribution in [2.75, 3.05) is 6.54 Å². The molecule has 2 aromatic rings. The molecule has 148 valence electrons. The van der Waals surface area contributed by atoms with Crippen LogP contribution >= 0.6 is 72.3 Å². The van der Waals surface area contributed by atoms with Crippen LogP contribution < -0.4 is 0 Å². The molecule has 0 radical (unpaired) electrons. The van der Waals surface area contributed by atoms with Crippen molar-refractivity contribution in [1.29, 1.82) is 0 Å². The Morgan fingerprint density at radius 2 is 1.68 bits per heavy atom. The van der Waals surface area contributed by atoms with Gasteiger partial charge in [-0.15, -0.1) is 0 Å². The van der Waals surface area contributed by atoms with E-state index in [0.29, 0.717) is 12.2 Å². The predicted octanol–water partition coefficient (Wildman–Crippen LogP) is 7.08. The number of Topliss-reactive ketones (excluding diaryl/α,β-unsaturated/α-hetero) is 1. The third kappa shape index (κ3) is 4.27. The van der Waals surface area contributed by atoms with Crippen molar-refractivity contribution in [2.45, 2.75) is 31.0 Å². The number of fused-ring (bicyclic) bond motifs is 1. The van der Waals surface area contributed by atoms with Crippen LogP contribution in [0.5, 0.6) is 0 Å². The highest BCUT2D eigenvalue weighted by atomic mass is 127. The molecule has 2 aliphatic rings. The second-order valence-electron chi connectivity index (χ2n) is 7.14. The summed E-state index contributed by atoms with van der Waals surface area (Å²) in [6.45, 7) is 0.766. The lowest BCUT2D eigenvalue weighted by atomic mass is 9.77. The number of ketones is 1. The summed E-state index contributed by atoms with van der Waals surface area (Å²) >= 11 is 11.3. The van der Waals surface area contributed by atoms with E-state index in [1.54, 1.807) is 18.2 Å². The monoisotopic (exact) mass is 656 g/mol. The maximum absolute atomic E-state index is 13.1. The summed E-state index contributed by atoms with van der Waals surface area (Å²) < 4.78 is 4.79. The molecule has 2 aliphatic heterocycles. The number of piperidine rings is 2. The van der Waals surface area contributed by atoms with E-state index in [9.17, 15) is 4.79 Å². The lowest BCUT2D eigenvalue weighted by Crippen LogP contribution is -2.55. The highest BCUT2D eigenvalue weighted by molar-refractivity contribution is 14.2. The third-order valence-corrected chi connectivity index (χ3v) is 10.2. The molecular formula is C20H19ClI2N2OS2. The molecule has 28 heavy (non-hydrogen) atoms. The zero-order valence-electron chi connectivity index (χ0n) is 14.9. The minimum absolute atomic E-state index is 0.0447. The van der Waals surface area contributed by atoms with E-state index in [1.165, 1.54) is 5.56 Å². The summed E-state index contributed by atoms with van der Waals surface area (Å²) in [4.78, 5) is 13.1. The largest absolute Gasteiger partial charge is 0.299 e. The zero-order valence-corrected chi connectivity index (χ0v) is 21.6. The summed E-state index contributed by atoms with van der Waals surface area (Å²) in [6.07, 6.45) is 1.48. The van der Waals surface area contributed by atoms with Crippen LogP contribution in [-0.4, -0.2) is 27.0 Å². The number of benzene rings is 2. The predicted molar refractivity (Wildman–Crippen MR) is 137 cm³/mol. The van der Waals surface area contributed by atoms with Crippen molar-refractivity contribution >= 4 is 78.0 Å². The highest BCUT2D eigenvalue weighted by Crippen LogP contribution is 2.50. The summed E-state index contributed by atoms with van der Waals surface area (Å²) in [6, 6.07) is 19.1. The first-order chi connectivity index (χ1) is 13.6. The van der Waals surface area contributed by atoms with E-state index >= 15 is 0 Å². The van der Waals surface area contributed by atoms with Gasteiger partial charge in [0.25, 0.3) is 0 Å². The van der Waals surface area contributed by atoms with Gasteiger partial charge in [-0.25, -0.2) is 8.61 Å². The van der Waals surface area contributed by atoms with E-state index in [4.69, 9.17) is 11.6 Å². The van der Waals surface area contributed by atoms with Gasteiger partial charge in [0.05, 0.1) is 6.04 Å². The molecule has 0 aliphatic carbocycles. The number of carbonyl (C=O) groups excluding carboxylic acids is 1. The molecule has 0 unspecified atom stereocenters. The number of halogens is 3. The lowest BCUT2D eigenvalue weighted by molar-refractivity contribution is -0.131. The van der Waals surface area contributed by atoms with Gasteiger partial charge in [-0.3, -0.25) is 4.79 Å². The van der Waals surface area contributed by atoms with Gasteiger partial charge in [-0.05, 0) is 41.9 Å². The zero-order chi connectivity index (χ0) is 19.7. The second-order valence-corrected chi connectivity index (χ2v) is 11.1. The van der Waals surface area contributed by atoms with Gasteiger partial charge in [0.2, 0.25) is 0 Å². The molecular weight excluding hydrogens is 638 g/mol. The third-order valence-electron chi connectivity index (χ3n) is 5.71. The minimum atomic E-state index is 0.0447. The van der Waals surface area contributed by atoms with Crippen LogP contribution in [0.25, 0.3) is 0 Å². The number of carbonyl (C=O) groups is 1. The smallest absolute Gasteiger partial charge is 0.140 e. The molecule has 0 spiro atoms. The van der Waals surface area contributed by atoms with Gasteiger partial charge < -0.3 is 0 Å². The maximum atomic E-state index is 13.1. The van der Waals surface area contributed by atoms with Crippen LogP contribution in [0, 0.1) is 5.92 Å². The molecule has 0 bridgehead atoms. The van der Waals surface area contributed by atoms with Gasteiger partial charge in [0, 0.05) is 78.4 Å². The Morgan fingerprint density at radius 1 is 0.964 bits per heavy atom. The topological polar surface area (TPSA) is 23.6 Å². The van der Waals surface area contributed by atoms with Crippen molar-refractivity contribution in [3.8, 4) is 0 Å². The molecule has 2 fully saturated rings. The SMILES string of the molecule is O=C1C[C@@H](c2ccccc2)N(SI)[C@H]2C[C@@H](c3ccccc3Cl)N(SI)C[C@@H]12. The van der Waals surface area contributed by atoms with Crippen LogP contribution in [-0.2, 0) is 4.79 Å². The number of nitrogens with zero attached hydrogens (tertiary/aromatic N) is 2. The van der Waals surface area contributed by atoms with Gasteiger partial charge in [-0.1, -0.05) is 60.1 Å². The number of hydrogen-bond acceptors (Lipinski definition) is 5. The fourth-order valence-corrected chi connectivity index (χ4v) is 8.77. The second kappa shape index (κ2) is 9.74. The molecule has 4 rings (SSSR count). The normalized spacial score (nSPS) is 28.9. The first-order valence-corrected chi connectivity index (χ1v) is 16.1. The standard InChI is InChI=1S/C20H19ClI2N2OS2/c21-16-9-5-4-8-14(16)18-10-19-15(12-24(18)27-22)20(26)11-17(25(19)28-23)13-6-2-1-3-7-13/h1-9,15,17-19H,10-12H2/t15-,17+,18+,19+/m1/s1. The van der Waals surface area contributed by atoms with Crippen molar-refractivity contribution in [1.82, 2.24) is 8.61 Å². The molecule has 2 aromatic carbocycles.